The molecule has 3 nitrogen and oxygen atoms in total. The molecule has 0 aliphatic rings. The third-order valence-corrected chi connectivity index (χ3v) is 1.78. The molecule has 0 unspecified atom stereocenters. The third-order valence-electron chi connectivity index (χ3n) is 1.78. The average Bonchev–Trinajstić information content (AvgIpc) is 2.02. The molecule has 74 valence electrons. The Morgan fingerprint density at radius 2 is 1.75 bits per heavy atom. The summed E-state index contributed by atoms with van der Waals surface area (Å²) in [6, 6.07) is 0. The second-order valence-electron chi connectivity index (χ2n) is 3.10. The monoisotopic (exact) mass is 175 g/mol. The summed E-state index contributed by atoms with van der Waals surface area (Å²) in [4.78, 5) is 0. The van der Waals surface area contributed by atoms with E-state index in [1.165, 1.54) is 25.7 Å². The molecule has 12 heavy (non-hydrogen) atoms. The minimum atomic E-state index is -1.21. The Morgan fingerprint density at radius 1 is 1.08 bits per heavy atom. The van der Waals surface area contributed by atoms with E-state index >= 15 is 0 Å². The van der Waals surface area contributed by atoms with Crippen LogP contribution in [0.2, 0.25) is 0 Å². The maximum absolute atomic E-state index is 8.49. The lowest BCUT2D eigenvalue weighted by molar-refractivity contribution is -0.0370. The second kappa shape index (κ2) is 8.97. The summed E-state index contributed by atoms with van der Waals surface area (Å²) in [6.45, 7) is 3.37. The minimum Gasteiger partial charge on any atom is -0.367 e. The van der Waals surface area contributed by atoms with Gasteiger partial charge in [-0.2, -0.15) is 0 Å². The molecule has 0 amide bonds. The highest BCUT2D eigenvalue weighted by Crippen LogP contribution is 2.00. The van der Waals surface area contributed by atoms with Crippen molar-refractivity contribution >= 4 is 0 Å². The summed E-state index contributed by atoms with van der Waals surface area (Å²) in [6.07, 6.45) is 5.03. The van der Waals surface area contributed by atoms with Crippen LogP contribution < -0.4 is 5.32 Å². The van der Waals surface area contributed by atoms with Crippen LogP contribution in [-0.2, 0) is 0 Å². The van der Waals surface area contributed by atoms with Crippen LogP contribution in [0.15, 0.2) is 0 Å². The highest BCUT2D eigenvalue weighted by molar-refractivity contribution is 4.49. The molecule has 0 heterocycles. The molecule has 0 bridgehead atoms. The molecule has 0 saturated carbocycles. The van der Waals surface area contributed by atoms with Gasteiger partial charge in [0, 0.05) is 6.54 Å². The number of hydrogen-bond donors (Lipinski definition) is 3. The van der Waals surface area contributed by atoms with Crippen molar-refractivity contribution in [3.63, 3.8) is 0 Å². The quantitative estimate of drug-likeness (QED) is 0.379. The normalized spacial score (nSPS) is 11.0. The van der Waals surface area contributed by atoms with E-state index in [1.807, 2.05) is 0 Å². The Bertz CT molecular complexity index is 86.6. The van der Waals surface area contributed by atoms with Crippen LogP contribution in [0.4, 0.5) is 0 Å². The molecule has 0 atom stereocenters. The molecule has 0 spiro atoms. The molecular formula is C9H21NO2. The van der Waals surface area contributed by atoms with Crippen LogP contribution in [-0.4, -0.2) is 29.6 Å². The van der Waals surface area contributed by atoms with Gasteiger partial charge in [-0.05, 0) is 13.0 Å². The Kier molecular flexibility index (Phi) is 8.88. The molecule has 0 saturated heterocycles. The number of aliphatic hydroxyl groups excluding tert-OH is 1. The summed E-state index contributed by atoms with van der Waals surface area (Å²) in [5.74, 6) is 0. The van der Waals surface area contributed by atoms with Gasteiger partial charge in [-0.25, -0.2) is 0 Å². The zero-order chi connectivity index (χ0) is 9.23. The molecule has 0 aromatic rings. The molecule has 0 radical (unpaired) electrons. The fraction of sp³-hybridized carbons (Fsp3) is 1.00. The first-order valence-electron chi connectivity index (χ1n) is 4.84. The van der Waals surface area contributed by atoms with E-state index in [4.69, 9.17) is 10.2 Å². The topological polar surface area (TPSA) is 52.5 Å². The maximum Gasteiger partial charge on any atom is 0.164 e. The minimum absolute atomic E-state index is 0.285. The van der Waals surface area contributed by atoms with Crippen molar-refractivity contribution in [1.29, 1.82) is 0 Å². The van der Waals surface area contributed by atoms with Crippen molar-refractivity contribution in [3.8, 4) is 0 Å². The van der Waals surface area contributed by atoms with E-state index in [0.29, 0.717) is 0 Å². The molecule has 0 fully saturated rings. The molecule has 0 rings (SSSR count). The Labute approximate surface area is 74.8 Å². The number of nitrogens with one attached hydrogen (secondary N) is 1. The van der Waals surface area contributed by atoms with E-state index in [-0.39, 0.29) is 6.54 Å². The summed E-state index contributed by atoms with van der Waals surface area (Å²) in [7, 11) is 0. The van der Waals surface area contributed by atoms with Gasteiger partial charge in [0.1, 0.15) is 0 Å². The fourth-order valence-corrected chi connectivity index (χ4v) is 1.08. The van der Waals surface area contributed by atoms with E-state index < -0.39 is 6.29 Å². The SMILES string of the molecule is CCCCCCCNCC(O)O. The van der Waals surface area contributed by atoms with Gasteiger partial charge in [0.2, 0.25) is 0 Å². The van der Waals surface area contributed by atoms with Crippen LogP contribution in [0.3, 0.4) is 0 Å². The maximum atomic E-state index is 8.49. The predicted molar refractivity (Wildman–Crippen MR) is 49.9 cm³/mol. The lowest BCUT2D eigenvalue weighted by Crippen LogP contribution is -2.26. The highest BCUT2D eigenvalue weighted by atomic mass is 16.5. The summed E-state index contributed by atoms with van der Waals surface area (Å²) in [5, 5.41) is 19.9. The molecule has 0 aliphatic carbocycles. The Morgan fingerprint density at radius 3 is 2.33 bits per heavy atom. The Balaban J connectivity index is 2.82. The summed E-state index contributed by atoms with van der Waals surface area (Å²) >= 11 is 0. The van der Waals surface area contributed by atoms with Gasteiger partial charge in [0.25, 0.3) is 0 Å². The standard InChI is InChI=1S/C9H21NO2/c1-2-3-4-5-6-7-10-8-9(11)12/h9-12H,2-8H2,1H3. The van der Waals surface area contributed by atoms with Crippen LogP contribution in [0.5, 0.6) is 0 Å². The zero-order valence-electron chi connectivity index (χ0n) is 7.92. The first kappa shape index (κ1) is 11.9. The van der Waals surface area contributed by atoms with Gasteiger partial charge in [-0.3, -0.25) is 0 Å². The smallest absolute Gasteiger partial charge is 0.164 e. The highest BCUT2D eigenvalue weighted by Gasteiger charge is 1.94. The van der Waals surface area contributed by atoms with Crippen molar-refractivity contribution in [1.82, 2.24) is 5.32 Å². The van der Waals surface area contributed by atoms with Gasteiger partial charge in [0.15, 0.2) is 6.29 Å². The zero-order valence-corrected chi connectivity index (χ0v) is 7.92. The molecular weight excluding hydrogens is 154 g/mol. The van der Waals surface area contributed by atoms with Gasteiger partial charge in [-0.1, -0.05) is 32.6 Å². The molecule has 3 N–H and O–H groups in total. The second-order valence-corrected chi connectivity index (χ2v) is 3.10. The van der Waals surface area contributed by atoms with Crippen LogP contribution in [0.25, 0.3) is 0 Å². The average molecular weight is 175 g/mol. The molecule has 3 heteroatoms. The summed E-state index contributed by atoms with van der Waals surface area (Å²) in [5.41, 5.74) is 0. The lowest BCUT2D eigenvalue weighted by Gasteiger charge is -2.05. The van der Waals surface area contributed by atoms with E-state index in [1.54, 1.807) is 0 Å². The summed E-state index contributed by atoms with van der Waals surface area (Å²) < 4.78 is 0. The van der Waals surface area contributed by atoms with Crippen molar-refractivity contribution in [2.75, 3.05) is 13.1 Å². The van der Waals surface area contributed by atoms with Crippen molar-refractivity contribution < 1.29 is 10.2 Å². The fourth-order valence-electron chi connectivity index (χ4n) is 1.08. The number of rotatable bonds is 8. The van der Waals surface area contributed by atoms with Crippen molar-refractivity contribution in [2.45, 2.75) is 45.3 Å². The van der Waals surface area contributed by atoms with Gasteiger partial charge in [0.05, 0.1) is 0 Å². The van der Waals surface area contributed by atoms with E-state index in [2.05, 4.69) is 12.2 Å². The third kappa shape index (κ3) is 9.88. The van der Waals surface area contributed by atoms with Gasteiger partial charge >= 0.3 is 0 Å². The first-order valence-corrected chi connectivity index (χ1v) is 4.84. The van der Waals surface area contributed by atoms with Gasteiger partial charge < -0.3 is 15.5 Å². The molecule has 0 aromatic carbocycles. The number of unbranched alkanes of at least 4 members (excludes halogenated alkanes) is 4. The van der Waals surface area contributed by atoms with Crippen LogP contribution in [0, 0.1) is 0 Å². The number of aliphatic hydroxyl groups is 2. The van der Waals surface area contributed by atoms with E-state index in [0.717, 1.165) is 13.0 Å². The van der Waals surface area contributed by atoms with Crippen molar-refractivity contribution in [2.24, 2.45) is 0 Å². The van der Waals surface area contributed by atoms with E-state index in [9.17, 15) is 0 Å². The Hall–Kier alpha value is -0.120. The lowest BCUT2D eigenvalue weighted by atomic mass is 10.1. The molecule has 0 aromatic heterocycles. The largest absolute Gasteiger partial charge is 0.367 e. The van der Waals surface area contributed by atoms with Gasteiger partial charge in [-0.15, -0.1) is 0 Å². The molecule has 0 aliphatic heterocycles. The van der Waals surface area contributed by atoms with Crippen LogP contribution >= 0.6 is 0 Å². The van der Waals surface area contributed by atoms with Crippen molar-refractivity contribution in [3.05, 3.63) is 0 Å². The predicted octanol–water partition coefficient (Wildman–Crippen LogP) is 0.857. The number of hydrogen-bond acceptors (Lipinski definition) is 3. The first-order chi connectivity index (χ1) is 5.77. The van der Waals surface area contributed by atoms with Crippen LogP contribution in [0.1, 0.15) is 39.0 Å².